The van der Waals surface area contributed by atoms with Crippen LogP contribution in [0.3, 0.4) is 0 Å². The van der Waals surface area contributed by atoms with Crippen LogP contribution in [-0.4, -0.2) is 38.8 Å². The number of methoxy groups -OCH3 is 2. The third-order valence-corrected chi connectivity index (χ3v) is 4.46. The Morgan fingerprint density at radius 1 is 1.17 bits per heavy atom. The summed E-state index contributed by atoms with van der Waals surface area (Å²) in [5, 5.41) is 3.10. The van der Waals surface area contributed by atoms with Crippen molar-refractivity contribution in [3.05, 3.63) is 23.8 Å². The molecule has 1 amide bonds. The highest BCUT2D eigenvalue weighted by Gasteiger charge is 2.29. The van der Waals surface area contributed by atoms with E-state index in [1.807, 2.05) is 32.9 Å². The number of hydrogen-bond acceptors (Lipinski definition) is 3. The molecular formula is C19H31N2O3+. The predicted octanol–water partition coefficient (Wildman–Crippen LogP) is 1.41. The molecule has 1 heterocycles. The van der Waals surface area contributed by atoms with Gasteiger partial charge in [-0.1, -0.05) is 0 Å². The third-order valence-electron chi connectivity index (χ3n) is 4.46. The Labute approximate surface area is 145 Å². The van der Waals surface area contributed by atoms with E-state index in [0.29, 0.717) is 0 Å². The lowest BCUT2D eigenvalue weighted by atomic mass is 9.94. The molecule has 1 fully saturated rings. The molecule has 24 heavy (non-hydrogen) atoms. The highest BCUT2D eigenvalue weighted by Crippen LogP contribution is 2.27. The van der Waals surface area contributed by atoms with E-state index in [0.717, 1.165) is 44.0 Å². The van der Waals surface area contributed by atoms with Gasteiger partial charge in [0.1, 0.15) is 6.54 Å². The number of hydrogen-bond donors (Lipinski definition) is 2. The van der Waals surface area contributed by atoms with Crippen LogP contribution in [0.25, 0.3) is 0 Å². The molecule has 0 radical (unpaired) electrons. The summed E-state index contributed by atoms with van der Waals surface area (Å²) in [7, 11) is 3.31. The van der Waals surface area contributed by atoms with Gasteiger partial charge in [0.25, 0.3) is 0 Å². The summed E-state index contributed by atoms with van der Waals surface area (Å²) in [5.41, 5.74) is 1.08. The van der Waals surface area contributed by atoms with E-state index < -0.39 is 0 Å². The maximum Gasteiger partial charge on any atom is 0.223 e. The summed E-state index contributed by atoms with van der Waals surface area (Å²) in [6.45, 7) is 9.09. The van der Waals surface area contributed by atoms with Gasteiger partial charge >= 0.3 is 0 Å². The van der Waals surface area contributed by atoms with Crippen LogP contribution >= 0.6 is 0 Å². The van der Waals surface area contributed by atoms with Crippen LogP contribution in [0.5, 0.6) is 11.5 Å². The summed E-state index contributed by atoms with van der Waals surface area (Å²) in [4.78, 5) is 13.8. The lowest BCUT2D eigenvalue weighted by Crippen LogP contribution is -3.11. The molecule has 1 saturated heterocycles. The van der Waals surface area contributed by atoms with Gasteiger partial charge in [-0.05, 0) is 39.0 Å². The van der Waals surface area contributed by atoms with E-state index in [-0.39, 0.29) is 17.4 Å². The van der Waals surface area contributed by atoms with Crippen molar-refractivity contribution in [1.82, 2.24) is 5.32 Å². The number of ether oxygens (including phenoxy) is 2. The van der Waals surface area contributed by atoms with E-state index in [9.17, 15) is 4.79 Å². The second-order valence-corrected chi connectivity index (χ2v) is 7.63. The van der Waals surface area contributed by atoms with Gasteiger partial charge in [-0.2, -0.15) is 0 Å². The fourth-order valence-electron chi connectivity index (χ4n) is 3.22. The van der Waals surface area contributed by atoms with Crippen LogP contribution in [0, 0.1) is 5.92 Å². The van der Waals surface area contributed by atoms with Crippen LogP contribution in [0.1, 0.15) is 39.2 Å². The van der Waals surface area contributed by atoms with Gasteiger partial charge in [0.2, 0.25) is 5.91 Å². The number of likely N-dealkylation sites (tertiary alicyclic amines) is 1. The summed E-state index contributed by atoms with van der Waals surface area (Å²) in [5.74, 6) is 1.88. The number of benzene rings is 1. The summed E-state index contributed by atoms with van der Waals surface area (Å²) in [6.07, 6.45) is 1.90. The molecule has 0 bridgehead atoms. The minimum absolute atomic E-state index is 0.151. The molecule has 2 N–H and O–H groups in total. The topological polar surface area (TPSA) is 52.0 Å². The van der Waals surface area contributed by atoms with Gasteiger partial charge in [-0.25, -0.2) is 0 Å². The maximum atomic E-state index is 12.3. The molecule has 1 aliphatic rings. The molecule has 0 spiro atoms. The molecule has 134 valence electrons. The highest BCUT2D eigenvalue weighted by molar-refractivity contribution is 5.79. The van der Waals surface area contributed by atoms with Crippen LogP contribution in [0.2, 0.25) is 0 Å². The smallest absolute Gasteiger partial charge is 0.223 e. The number of carbonyl (C=O) groups excluding carboxylic acids is 1. The molecule has 0 saturated carbocycles. The SMILES string of the molecule is COc1ccc(C[NH+]2CCC(C(=O)NC(C)(C)C)CC2)cc1OC. The van der Waals surface area contributed by atoms with Gasteiger partial charge in [0.15, 0.2) is 11.5 Å². The van der Waals surface area contributed by atoms with Crippen molar-refractivity contribution in [2.24, 2.45) is 5.92 Å². The maximum absolute atomic E-state index is 12.3. The van der Waals surface area contributed by atoms with Crippen molar-refractivity contribution in [2.75, 3.05) is 27.3 Å². The molecule has 0 aromatic heterocycles. The number of nitrogens with one attached hydrogen (secondary N) is 2. The second-order valence-electron chi connectivity index (χ2n) is 7.63. The number of carbonyl (C=O) groups is 1. The van der Waals surface area contributed by atoms with E-state index in [4.69, 9.17) is 9.47 Å². The molecule has 5 heteroatoms. The lowest BCUT2D eigenvalue weighted by molar-refractivity contribution is -0.919. The third kappa shape index (κ3) is 5.13. The summed E-state index contributed by atoms with van der Waals surface area (Å²) >= 11 is 0. The van der Waals surface area contributed by atoms with Gasteiger partial charge in [-0.15, -0.1) is 0 Å². The average molecular weight is 335 g/mol. The Bertz CT molecular complexity index is 558. The number of amides is 1. The highest BCUT2D eigenvalue weighted by atomic mass is 16.5. The second kappa shape index (κ2) is 7.88. The number of rotatable bonds is 5. The van der Waals surface area contributed by atoms with Crippen molar-refractivity contribution in [3.63, 3.8) is 0 Å². The zero-order valence-corrected chi connectivity index (χ0v) is 15.6. The minimum Gasteiger partial charge on any atom is -0.493 e. The van der Waals surface area contributed by atoms with Crippen LogP contribution in [-0.2, 0) is 11.3 Å². The molecule has 0 aliphatic carbocycles. The standard InChI is InChI=1S/C19H30N2O3/c1-19(2,3)20-18(22)15-8-10-21(11-9-15)13-14-6-7-16(23-4)17(12-14)24-5/h6-7,12,15H,8-11,13H2,1-5H3,(H,20,22)/p+1. The average Bonchev–Trinajstić information content (AvgIpc) is 2.53. The molecule has 1 aromatic carbocycles. The van der Waals surface area contributed by atoms with Gasteiger partial charge in [0.05, 0.1) is 27.3 Å². The number of quaternary nitrogens is 1. The minimum atomic E-state index is -0.152. The summed E-state index contributed by atoms with van der Waals surface area (Å²) < 4.78 is 10.7. The Kier molecular flexibility index (Phi) is 6.10. The summed E-state index contributed by atoms with van der Waals surface area (Å²) in [6, 6.07) is 6.09. The molecule has 0 unspecified atom stereocenters. The molecular weight excluding hydrogens is 304 g/mol. The first kappa shape index (κ1) is 18.6. The quantitative estimate of drug-likeness (QED) is 0.855. The first-order valence-corrected chi connectivity index (χ1v) is 8.69. The van der Waals surface area contributed by atoms with Crippen LogP contribution in [0.4, 0.5) is 0 Å². The van der Waals surface area contributed by atoms with Crippen molar-refractivity contribution in [3.8, 4) is 11.5 Å². The Morgan fingerprint density at radius 3 is 2.33 bits per heavy atom. The molecule has 1 aromatic rings. The van der Waals surface area contributed by atoms with Crippen molar-refractivity contribution in [1.29, 1.82) is 0 Å². The normalized spacial score (nSPS) is 21.2. The van der Waals surface area contributed by atoms with Gasteiger partial charge in [-0.3, -0.25) is 4.79 Å². The Morgan fingerprint density at radius 2 is 1.79 bits per heavy atom. The molecule has 5 nitrogen and oxygen atoms in total. The van der Waals surface area contributed by atoms with Crippen LogP contribution in [0.15, 0.2) is 18.2 Å². The Balaban J connectivity index is 1.88. The van der Waals surface area contributed by atoms with Crippen LogP contribution < -0.4 is 19.7 Å². The predicted molar refractivity (Wildman–Crippen MR) is 94.6 cm³/mol. The van der Waals surface area contributed by atoms with E-state index in [1.54, 1.807) is 14.2 Å². The van der Waals surface area contributed by atoms with Crippen molar-refractivity contribution in [2.45, 2.75) is 45.7 Å². The zero-order valence-electron chi connectivity index (χ0n) is 15.6. The van der Waals surface area contributed by atoms with Gasteiger partial charge in [0, 0.05) is 29.9 Å². The molecule has 2 rings (SSSR count). The van der Waals surface area contributed by atoms with Gasteiger partial charge < -0.3 is 19.7 Å². The number of piperidine rings is 1. The monoisotopic (exact) mass is 335 g/mol. The van der Waals surface area contributed by atoms with E-state index in [2.05, 4.69) is 11.4 Å². The first-order chi connectivity index (χ1) is 11.3. The van der Waals surface area contributed by atoms with Crippen molar-refractivity contribution >= 4 is 5.91 Å². The lowest BCUT2D eigenvalue weighted by Gasteiger charge is -2.31. The Hall–Kier alpha value is -1.75. The fraction of sp³-hybridized carbons (Fsp3) is 0.632. The fourth-order valence-corrected chi connectivity index (χ4v) is 3.22. The first-order valence-electron chi connectivity index (χ1n) is 8.69. The molecule has 0 atom stereocenters. The largest absolute Gasteiger partial charge is 0.493 e. The van der Waals surface area contributed by atoms with E-state index in [1.165, 1.54) is 10.5 Å². The zero-order chi connectivity index (χ0) is 17.7. The van der Waals surface area contributed by atoms with Crippen molar-refractivity contribution < 1.29 is 19.2 Å². The van der Waals surface area contributed by atoms with E-state index >= 15 is 0 Å². The molecule has 1 aliphatic heterocycles.